The van der Waals surface area contributed by atoms with Gasteiger partial charge in [0.2, 0.25) is 0 Å². The summed E-state index contributed by atoms with van der Waals surface area (Å²) in [6, 6.07) is 6.72. The first-order valence-electron chi connectivity index (χ1n) is 5.87. The van der Waals surface area contributed by atoms with Crippen LogP contribution in [0.1, 0.15) is 11.1 Å². The molecule has 0 saturated carbocycles. The van der Waals surface area contributed by atoms with Gasteiger partial charge in [0.05, 0.1) is 0 Å². The topological polar surface area (TPSA) is 19.0 Å². The third-order valence-electron chi connectivity index (χ3n) is 3.01. The van der Waals surface area contributed by atoms with Gasteiger partial charge in [0.1, 0.15) is 0 Å². The van der Waals surface area contributed by atoms with Crippen LogP contribution in [0.25, 0.3) is 10.9 Å². The van der Waals surface area contributed by atoms with Gasteiger partial charge in [-0.15, -0.1) is 0 Å². The number of aromatic amines is 1. The van der Waals surface area contributed by atoms with Crippen molar-refractivity contribution < 1.29 is 21.2 Å². The average molecular weight is 343 g/mol. The van der Waals surface area contributed by atoms with Gasteiger partial charge in [-0.2, -0.15) is 0 Å². The van der Waals surface area contributed by atoms with E-state index in [4.69, 9.17) is 0 Å². The van der Waals surface area contributed by atoms with E-state index in [2.05, 4.69) is 54.0 Å². The summed E-state index contributed by atoms with van der Waals surface area (Å²) in [6.07, 6.45) is 1.15. The molecule has 1 N–H and O–H groups in total. The average Bonchev–Trinajstić information content (AvgIpc) is 2.63. The number of H-pyrrole nitrogens is 1. The second-order valence-electron chi connectivity index (χ2n) is 4.71. The number of rotatable bonds is 4. The van der Waals surface area contributed by atoms with Crippen LogP contribution < -0.4 is 21.2 Å². The van der Waals surface area contributed by atoms with Gasteiger partial charge in [-0.3, -0.25) is 0 Å². The first kappa shape index (κ1) is 12.9. The molecule has 0 saturated heterocycles. The first-order valence-corrected chi connectivity index (χ1v) is 9.11. The molecule has 0 aliphatic carbocycles. The van der Waals surface area contributed by atoms with Crippen LogP contribution in [0, 0.1) is 10.6 Å². The van der Waals surface area contributed by atoms with Crippen LogP contribution in [0.4, 0.5) is 0 Å². The molecule has 0 amide bonds. The predicted molar refractivity (Wildman–Crippen MR) is 69.9 cm³/mol. The van der Waals surface area contributed by atoms with Crippen LogP contribution >= 0.6 is 0 Å². The summed E-state index contributed by atoms with van der Waals surface area (Å²) in [4.78, 5) is 8.18. The minimum absolute atomic E-state index is 0.123. The third kappa shape index (κ3) is 2.83. The zero-order chi connectivity index (χ0) is 12.4. The number of alkyl halides is 1. The molecule has 2 aromatic rings. The molecule has 94 valence electrons. The summed E-state index contributed by atoms with van der Waals surface area (Å²) in [6.45, 7) is 3.29. The Morgan fingerprint density at radius 2 is 2.06 bits per heavy atom. The molecule has 0 unspecified atom stereocenters. The normalized spacial score (nSPS) is 11.8. The Labute approximate surface area is 114 Å². The van der Waals surface area contributed by atoms with Gasteiger partial charge in [-0.05, 0) is 0 Å². The molecule has 1 aromatic carbocycles. The number of benzene rings is 1. The van der Waals surface area contributed by atoms with Crippen molar-refractivity contribution in [3.63, 3.8) is 0 Å². The van der Waals surface area contributed by atoms with E-state index in [1.165, 1.54) is 20.2 Å². The van der Waals surface area contributed by atoms with E-state index >= 15 is 0 Å². The number of likely N-dealkylation sites (N-methyl/N-ethyl adjacent to an activating group) is 1. The fourth-order valence-corrected chi connectivity index (χ4v) is 3.84. The maximum atomic E-state index is 3.60. The van der Waals surface area contributed by atoms with Crippen molar-refractivity contribution in [3.05, 3.63) is 33.0 Å². The quantitative estimate of drug-likeness (QED) is 0.584. The fraction of sp³-hybridized carbons (Fsp3) is 0.429. The molecule has 0 bridgehead atoms. The van der Waals surface area contributed by atoms with E-state index in [9.17, 15) is 0 Å². The summed E-state index contributed by atoms with van der Waals surface area (Å²) in [7, 11) is 4.28. The van der Waals surface area contributed by atoms with Crippen molar-refractivity contribution in [2.24, 2.45) is 0 Å². The van der Waals surface area contributed by atoms with Crippen LogP contribution in [-0.4, -0.2) is 35.5 Å². The fourth-order valence-electron chi connectivity index (χ4n) is 2.07. The molecule has 3 heteroatoms. The van der Waals surface area contributed by atoms with Crippen LogP contribution in [-0.2, 0) is 6.42 Å². The zero-order valence-corrected chi connectivity index (χ0v) is 13.1. The van der Waals surface area contributed by atoms with E-state index in [1.807, 2.05) is 0 Å². The molecule has 0 aliphatic heterocycles. The molecule has 0 aliphatic rings. The SMILES string of the molecule is C[I-]c1[nH]c2ccc(C)cc2c1CCN(C)C. The Bertz CT molecular complexity index is 514. The monoisotopic (exact) mass is 343 g/mol. The Kier molecular flexibility index (Phi) is 4.09. The van der Waals surface area contributed by atoms with Crippen LogP contribution in [0.2, 0.25) is 0 Å². The van der Waals surface area contributed by atoms with Crippen molar-refractivity contribution in [3.8, 4) is 0 Å². The third-order valence-corrected chi connectivity index (χ3v) is 5.01. The van der Waals surface area contributed by atoms with Gasteiger partial charge in [-0.1, -0.05) is 0 Å². The molecular weight excluding hydrogens is 323 g/mol. The number of fused-ring (bicyclic) bond motifs is 1. The van der Waals surface area contributed by atoms with Crippen LogP contribution in [0.3, 0.4) is 0 Å². The number of hydrogen-bond donors (Lipinski definition) is 1. The van der Waals surface area contributed by atoms with E-state index < -0.39 is 0 Å². The number of hydrogen-bond acceptors (Lipinski definition) is 1. The van der Waals surface area contributed by atoms with Crippen molar-refractivity contribution in [1.29, 1.82) is 0 Å². The predicted octanol–water partition coefficient (Wildman–Crippen LogP) is -0.531. The van der Waals surface area contributed by atoms with Gasteiger partial charge in [0.25, 0.3) is 0 Å². The molecular formula is C14H20IN2-. The Morgan fingerprint density at radius 1 is 1.29 bits per heavy atom. The van der Waals surface area contributed by atoms with E-state index in [1.54, 1.807) is 5.56 Å². The summed E-state index contributed by atoms with van der Waals surface area (Å²) < 4.78 is 1.51. The van der Waals surface area contributed by atoms with Gasteiger partial charge >= 0.3 is 114 Å². The molecule has 0 atom stereocenters. The van der Waals surface area contributed by atoms with Crippen molar-refractivity contribution in [2.45, 2.75) is 13.3 Å². The number of halogens is 1. The minimum atomic E-state index is 0.123. The zero-order valence-electron chi connectivity index (χ0n) is 11.0. The van der Waals surface area contributed by atoms with E-state index in [0.29, 0.717) is 0 Å². The molecule has 0 radical (unpaired) electrons. The number of aryl methyl sites for hydroxylation is 1. The summed E-state index contributed by atoms with van der Waals surface area (Å²) >= 11 is 0.123. The van der Waals surface area contributed by atoms with Gasteiger partial charge in [-0.25, -0.2) is 0 Å². The summed E-state index contributed by atoms with van der Waals surface area (Å²) in [5, 5.41) is 1.43. The van der Waals surface area contributed by atoms with Crippen LogP contribution in [0.15, 0.2) is 18.2 Å². The maximum absolute atomic E-state index is 3.60. The summed E-state index contributed by atoms with van der Waals surface area (Å²) in [5.74, 6) is 0. The molecule has 0 spiro atoms. The Hall–Kier alpha value is -0.550. The van der Waals surface area contributed by atoms with Gasteiger partial charge in [0, 0.05) is 0 Å². The number of nitrogens with zero attached hydrogens (tertiary/aromatic N) is 1. The van der Waals surface area contributed by atoms with Crippen molar-refractivity contribution in [1.82, 2.24) is 9.88 Å². The molecule has 2 nitrogen and oxygen atoms in total. The van der Waals surface area contributed by atoms with Crippen LogP contribution in [0.5, 0.6) is 0 Å². The standard InChI is InChI=1S/C14H20IN2/c1-10-5-6-13-12(9-10)11(7-8-17(3)4)14(15-2)16-13/h5-6,9,16H,7-8H2,1-4H3/q-1. The number of aromatic nitrogens is 1. The molecule has 2 rings (SSSR count). The number of nitrogens with one attached hydrogen (secondary N) is 1. The Balaban J connectivity index is 2.45. The van der Waals surface area contributed by atoms with Crippen molar-refractivity contribution in [2.75, 3.05) is 25.6 Å². The van der Waals surface area contributed by atoms with Gasteiger partial charge in [0.15, 0.2) is 0 Å². The van der Waals surface area contributed by atoms with E-state index in [0.717, 1.165) is 13.0 Å². The van der Waals surface area contributed by atoms with Gasteiger partial charge < -0.3 is 0 Å². The second-order valence-corrected chi connectivity index (χ2v) is 6.87. The molecule has 17 heavy (non-hydrogen) atoms. The molecule has 0 fully saturated rings. The molecule has 1 aromatic heterocycles. The second kappa shape index (κ2) is 5.40. The summed E-state index contributed by atoms with van der Waals surface area (Å²) in [5.41, 5.74) is 4.21. The molecule has 1 heterocycles. The Morgan fingerprint density at radius 3 is 2.71 bits per heavy atom. The first-order chi connectivity index (χ1) is 8.11. The van der Waals surface area contributed by atoms with Crippen molar-refractivity contribution >= 4 is 10.9 Å². The van der Waals surface area contributed by atoms with E-state index in [-0.39, 0.29) is 21.2 Å².